The highest BCUT2D eigenvalue weighted by molar-refractivity contribution is 5.71. The third-order valence-electron chi connectivity index (χ3n) is 15.3. The summed E-state index contributed by atoms with van der Waals surface area (Å²) in [5.41, 5.74) is 0. The lowest BCUT2D eigenvalue weighted by Crippen LogP contribution is -2.30. The molecule has 0 aromatic carbocycles. The smallest absolute Gasteiger partial charge is 0.306 e. The number of carbonyl (C=O) groups is 3. The molecule has 0 aliphatic carbocycles. The topological polar surface area (TPSA) is 78.9 Å². The molecule has 83 heavy (non-hydrogen) atoms. The lowest BCUT2D eigenvalue weighted by Gasteiger charge is -2.18. The maximum absolute atomic E-state index is 12.9. The molecular formula is C77H132O6. The minimum Gasteiger partial charge on any atom is -0.462 e. The zero-order valence-corrected chi connectivity index (χ0v) is 54.7. The molecule has 1 atom stereocenters. The van der Waals surface area contributed by atoms with Crippen molar-refractivity contribution < 1.29 is 28.6 Å². The average Bonchev–Trinajstić information content (AvgIpc) is 3.49. The van der Waals surface area contributed by atoms with Crippen LogP contribution < -0.4 is 0 Å². The lowest BCUT2D eigenvalue weighted by atomic mass is 10.0. The lowest BCUT2D eigenvalue weighted by molar-refractivity contribution is -0.167. The van der Waals surface area contributed by atoms with Crippen molar-refractivity contribution in [2.45, 2.75) is 348 Å². The Morgan fingerprint density at radius 1 is 0.253 bits per heavy atom. The van der Waals surface area contributed by atoms with Gasteiger partial charge in [-0.25, -0.2) is 0 Å². The van der Waals surface area contributed by atoms with Gasteiger partial charge in [0.2, 0.25) is 0 Å². The third kappa shape index (κ3) is 68.7. The summed E-state index contributed by atoms with van der Waals surface area (Å²) < 4.78 is 16.9. The predicted molar refractivity (Wildman–Crippen MR) is 362 cm³/mol. The summed E-state index contributed by atoms with van der Waals surface area (Å²) in [5.74, 6) is -0.874. The van der Waals surface area contributed by atoms with Crippen LogP contribution in [0.2, 0.25) is 0 Å². The van der Waals surface area contributed by atoms with Gasteiger partial charge in [0.15, 0.2) is 6.10 Å². The Balaban J connectivity index is 4.19. The molecule has 0 saturated carbocycles. The van der Waals surface area contributed by atoms with Gasteiger partial charge in [0.05, 0.1) is 0 Å². The fourth-order valence-electron chi connectivity index (χ4n) is 9.99. The summed E-state index contributed by atoms with van der Waals surface area (Å²) in [5, 5.41) is 0. The monoisotopic (exact) mass is 1150 g/mol. The molecule has 0 amide bonds. The molecule has 0 heterocycles. The zero-order valence-electron chi connectivity index (χ0n) is 54.7. The summed E-state index contributed by atoms with van der Waals surface area (Å²) in [7, 11) is 0. The van der Waals surface area contributed by atoms with E-state index in [-0.39, 0.29) is 31.1 Å². The van der Waals surface area contributed by atoms with Crippen molar-refractivity contribution >= 4 is 17.9 Å². The summed E-state index contributed by atoms with van der Waals surface area (Å²) in [6.45, 7) is 6.52. The normalized spacial score (nSPS) is 12.8. The molecule has 0 N–H and O–H groups in total. The summed E-state index contributed by atoms with van der Waals surface area (Å²) in [6, 6.07) is 0. The molecular weight excluding hydrogens is 1020 g/mol. The van der Waals surface area contributed by atoms with Gasteiger partial charge in [-0.15, -0.1) is 0 Å². The highest BCUT2D eigenvalue weighted by Gasteiger charge is 2.19. The fourth-order valence-corrected chi connectivity index (χ4v) is 9.99. The second-order valence-electron chi connectivity index (χ2n) is 23.4. The van der Waals surface area contributed by atoms with Gasteiger partial charge in [0.25, 0.3) is 0 Å². The third-order valence-corrected chi connectivity index (χ3v) is 15.3. The van der Waals surface area contributed by atoms with Gasteiger partial charge in [-0.05, 0) is 109 Å². The van der Waals surface area contributed by atoms with Crippen molar-refractivity contribution in [3.8, 4) is 0 Å². The molecule has 0 aromatic rings. The number of unbranched alkanes of at least 4 members (excludes halogenated alkanes) is 35. The molecule has 0 fully saturated rings. The van der Waals surface area contributed by atoms with Crippen LogP contribution in [0.15, 0.2) is 109 Å². The summed E-state index contributed by atoms with van der Waals surface area (Å²) in [4.78, 5) is 38.3. The number of rotatable bonds is 64. The van der Waals surface area contributed by atoms with Crippen LogP contribution in [0.3, 0.4) is 0 Å². The molecule has 0 aromatic heterocycles. The maximum Gasteiger partial charge on any atom is 0.306 e. The first kappa shape index (κ1) is 79.1. The molecule has 0 aliphatic rings. The van der Waals surface area contributed by atoms with Gasteiger partial charge in [0.1, 0.15) is 13.2 Å². The summed E-state index contributed by atoms with van der Waals surface area (Å²) in [6.07, 6.45) is 96.9. The van der Waals surface area contributed by atoms with Crippen LogP contribution in [0.1, 0.15) is 342 Å². The Hall–Kier alpha value is -3.93. The Bertz CT molecular complexity index is 1660. The average molecular weight is 1150 g/mol. The van der Waals surface area contributed by atoms with Gasteiger partial charge < -0.3 is 14.2 Å². The quantitative estimate of drug-likeness (QED) is 0.0261. The van der Waals surface area contributed by atoms with Gasteiger partial charge in [-0.1, -0.05) is 323 Å². The maximum atomic E-state index is 12.9. The molecule has 0 spiro atoms. The van der Waals surface area contributed by atoms with E-state index in [9.17, 15) is 14.4 Å². The van der Waals surface area contributed by atoms with Gasteiger partial charge in [0, 0.05) is 19.3 Å². The Morgan fingerprint density at radius 2 is 0.470 bits per heavy atom. The minimum atomic E-state index is -0.781. The first-order valence-corrected chi connectivity index (χ1v) is 35.4. The largest absolute Gasteiger partial charge is 0.462 e. The van der Waals surface area contributed by atoms with E-state index in [0.717, 1.165) is 109 Å². The fraction of sp³-hybridized carbons (Fsp3) is 0.727. The molecule has 6 nitrogen and oxygen atoms in total. The standard InChI is InChI=1S/C77H132O6/c1-4-7-10-13-16-19-21-23-25-27-29-31-33-35-37-38-40-41-43-45-47-49-51-53-55-58-61-64-67-70-76(79)82-73-74(72-81-75(78)69-66-63-60-57-18-15-12-9-6-3)83-77(80)71-68-65-62-59-56-54-52-50-48-46-44-42-39-36-34-32-30-28-26-24-22-20-17-14-11-8-5-2/h7,10,16,19,22-25,28-31,34-37,40-41,74H,4-6,8-9,11-15,17-18,20-21,26-27,32-33,38-39,42-73H2,1-3H3/b10-7-,19-16-,24-22-,25-23-,30-28-,31-29-,36-34-,37-35-,41-40-. The number of hydrogen-bond donors (Lipinski definition) is 0. The Morgan fingerprint density at radius 3 is 0.735 bits per heavy atom. The van der Waals surface area contributed by atoms with Gasteiger partial charge in [-0.2, -0.15) is 0 Å². The van der Waals surface area contributed by atoms with Gasteiger partial charge >= 0.3 is 17.9 Å². The molecule has 0 bridgehead atoms. The van der Waals surface area contributed by atoms with Crippen LogP contribution in [0.25, 0.3) is 0 Å². The first-order valence-electron chi connectivity index (χ1n) is 35.4. The van der Waals surface area contributed by atoms with Crippen molar-refractivity contribution in [1.82, 2.24) is 0 Å². The highest BCUT2D eigenvalue weighted by Crippen LogP contribution is 2.17. The number of allylic oxidation sites excluding steroid dienone is 18. The molecule has 1 unspecified atom stereocenters. The van der Waals surface area contributed by atoms with E-state index in [0.29, 0.717) is 19.3 Å². The molecule has 0 aliphatic heterocycles. The van der Waals surface area contributed by atoms with E-state index in [1.54, 1.807) is 0 Å². The van der Waals surface area contributed by atoms with Crippen LogP contribution >= 0.6 is 0 Å². The van der Waals surface area contributed by atoms with E-state index in [2.05, 4.69) is 130 Å². The van der Waals surface area contributed by atoms with Crippen LogP contribution in [0, 0.1) is 0 Å². The number of ether oxygens (including phenoxy) is 3. The van der Waals surface area contributed by atoms with Crippen LogP contribution in [0.5, 0.6) is 0 Å². The zero-order chi connectivity index (χ0) is 59.9. The van der Waals surface area contributed by atoms with E-state index in [1.807, 2.05) is 0 Å². The van der Waals surface area contributed by atoms with E-state index in [4.69, 9.17) is 14.2 Å². The van der Waals surface area contributed by atoms with E-state index >= 15 is 0 Å². The van der Waals surface area contributed by atoms with Crippen molar-refractivity contribution in [1.29, 1.82) is 0 Å². The van der Waals surface area contributed by atoms with Crippen molar-refractivity contribution in [2.24, 2.45) is 0 Å². The van der Waals surface area contributed by atoms with Crippen molar-refractivity contribution in [3.05, 3.63) is 109 Å². The minimum absolute atomic E-state index is 0.0773. The number of esters is 3. The molecule has 6 heteroatoms. The molecule has 476 valence electrons. The Labute approximate surface area is 514 Å². The van der Waals surface area contributed by atoms with Crippen molar-refractivity contribution in [3.63, 3.8) is 0 Å². The second kappa shape index (κ2) is 70.6. The molecule has 0 saturated heterocycles. The Kier molecular flexibility index (Phi) is 67.2. The number of hydrogen-bond acceptors (Lipinski definition) is 6. The highest BCUT2D eigenvalue weighted by atomic mass is 16.6. The number of carbonyl (C=O) groups excluding carboxylic acids is 3. The van der Waals surface area contributed by atoms with E-state index in [1.165, 1.54) is 193 Å². The van der Waals surface area contributed by atoms with Gasteiger partial charge in [-0.3, -0.25) is 14.4 Å². The van der Waals surface area contributed by atoms with Crippen LogP contribution in [0.4, 0.5) is 0 Å². The summed E-state index contributed by atoms with van der Waals surface area (Å²) >= 11 is 0. The predicted octanol–water partition coefficient (Wildman–Crippen LogP) is 24.6. The first-order chi connectivity index (χ1) is 41.0. The SMILES string of the molecule is CC/C=C\C/C=C\C/C=C\C/C=C\C/C=C\C/C=C\CCCCCCCCCCCCC(=O)OCC(COC(=O)CCCCCCCCCCC)OC(=O)CCCCCCCCCCCCCC/C=C\C/C=C\C/C=C\CCCCCCC. The van der Waals surface area contributed by atoms with Crippen LogP contribution in [-0.2, 0) is 28.6 Å². The van der Waals surface area contributed by atoms with E-state index < -0.39 is 6.10 Å². The second-order valence-corrected chi connectivity index (χ2v) is 23.4. The van der Waals surface area contributed by atoms with Crippen molar-refractivity contribution in [2.75, 3.05) is 13.2 Å². The molecule has 0 rings (SSSR count). The van der Waals surface area contributed by atoms with Crippen LogP contribution in [-0.4, -0.2) is 37.2 Å². The molecule has 0 radical (unpaired) electrons.